The summed E-state index contributed by atoms with van der Waals surface area (Å²) < 4.78 is 1.77. The van der Waals surface area contributed by atoms with Crippen LogP contribution in [0.5, 0.6) is 0 Å². The van der Waals surface area contributed by atoms with E-state index in [0.717, 1.165) is 16.9 Å². The quantitative estimate of drug-likeness (QED) is 0.591. The minimum absolute atomic E-state index is 0.0531. The molecule has 1 aromatic heterocycles. The van der Waals surface area contributed by atoms with Crippen LogP contribution in [0.4, 0.5) is 0 Å². The second-order valence-corrected chi connectivity index (χ2v) is 3.77. The van der Waals surface area contributed by atoms with Gasteiger partial charge in [0.2, 0.25) is 0 Å². The molecule has 0 unspecified atom stereocenters. The van der Waals surface area contributed by atoms with Gasteiger partial charge in [-0.05, 0) is 25.5 Å². The van der Waals surface area contributed by atoms with Crippen molar-refractivity contribution in [2.75, 3.05) is 0 Å². The van der Waals surface area contributed by atoms with Gasteiger partial charge in [-0.2, -0.15) is 5.10 Å². The molecule has 0 saturated carbocycles. The van der Waals surface area contributed by atoms with Crippen LogP contribution in [0.2, 0.25) is 0 Å². The Bertz CT molecular complexity index is 540. The Balaban J connectivity index is 2.54. The molecule has 0 saturated heterocycles. The molecular formula is C12H14N4. The van der Waals surface area contributed by atoms with Crippen LogP contribution in [-0.4, -0.2) is 15.6 Å². The minimum atomic E-state index is 0.0531. The Labute approximate surface area is 94.2 Å². The lowest BCUT2D eigenvalue weighted by Gasteiger charge is -2.04. The number of nitrogens with one attached hydrogen (secondary N) is 1. The first kappa shape index (κ1) is 10.4. The monoisotopic (exact) mass is 214 g/mol. The number of nitrogens with zero attached hydrogens (tertiary/aromatic N) is 2. The summed E-state index contributed by atoms with van der Waals surface area (Å²) in [6.07, 6.45) is 1.79. The molecule has 2 rings (SSSR count). The van der Waals surface area contributed by atoms with Gasteiger partial charge in [0.25, 0.3) is 0 Å². The van der Waals surface area contributed by atoms with Crippen LogP contribution in [0.1, 0.15) is 16.8 Å². The van der Waals surface area contributed by atoms with Crippen LogP contribution in [0.25, 0.3) is 5.69 Å². The van der Waals surface area contributed by atoms with E-state index in [9.17, 15) is 0 Å². The van der Waals surface area contributed by atoms with E-state index in [1.165, 1.54) is 0 Å². The summed E-state index contributed by atoms with van der Waals surface area (Å²) in [5.41, 5.74) is 9.08. The van der Waals surface area contributed by atoms with Crippen LogP contribution in [0.15, 0.2) is 30.5 Å². The third-order valence-electron chi connectivity index (χ3n) is 2.55. The van der Waals surface area contributed by atoms with Crippen molar-refractivity contribution in [3.8, 4) is 5.69 Å². The van der Waals surface area contributed by atoms with Gasteiger partial charge in [-0.3, -0.25) is 5.41 Å². The van der Waals surface area contributed by atoms with E-state index in [1.807, 2.05) is 38.1 Å². The van der Waals surface area contributed by atoms with Crippen molar-refractivity contribution in [3.63, 3.8) is 0 Å². The van der Waals surface area contributed by atoms with Crippen LogP contribution >= 0.6 is 0 Å². The Morgan fingerprint density at radius 1 is 1.31 bits per heavy atom. The van der Waals surface area contributed by atoms with Gasteiger partial charge >= 0.3 is 0 Å². The normalized spacial score (nSPS) is 10.4. The number of nitrogens with two attached hydrogens (primary N) is 1. The number of aryl methyl sites for hydroxylation is 2. The summed E-state index contributed by atoms with van der Waals surface area (Å²) in [6.45, 7) is 3.88. The molecule has 82 valence electrons. The van der Waals surface area contributed by atoms with E-state index in [2.05, 4.69) is 5.10 Å². The summed E-state index contributed by atoms with van der Waals surface area (Å²) in [4.78, 5) is 0. The summed E-state index contributed by atoms with van der Waals surface area (Å²) >= 11 is 0. The largest absolute Gasteiger partial charge is 0.384 e. The first-order valence-electron chi connectivity index (χ1n) is 5.06. The fourth-order valence-electron chi connectivity index (χ4n) is 1.67. The standard InChI is InChI=1S/C12H14N4/c1-8-5-3-4-6-11(8)16-7-10(12(13)14)9(2)15-16/h3-7H,1-2H3,(H3,13,14). The highest BCUT2D eigenvalue weighted by Crippen LogP contribution is 2.15. The van der Waals surface area contributed by atoms with Crippen LogP contribution in [0.3, 0.4) is 0 Å². The van der Waals surface area contributed by atoms with E-state index in [1.54, 1.807) is 10.9 Å². The molecule has 3 N–H and O–H groups in total. The summed E-state index contributed by atoms with van der Waals surface area (Å²) in [5, 5.41) is 11.8. The number of amidine groups is 1. The van der Waals surface area contributed by atoms with Crippen molar-refractivity contribution in [1.29, 1.82) is 5.41 Å². The van der Waals surface area contributed by atoms with Gasteiger partial charge in [0.1, 0.15) is 5.84 Å². The molecule has 2 aromatic rings. The summed E-state index contributed by atoms with van der Waals surface area (Å²) in [7, 11) is 0. The lowest BCUT2D eigenvalue weighted by molar-refractivity contribution is 0.856. The molecular weight excluding hydrogens is 200 g/mol. The molecule has 1 heterocycles. The fraction of sp³-hybridized carbons (Fsp3) is 0.167. The number of rotatable bonds is 2. The predicted molar refractivity (Wildman–Crippen MR) is 64.1 cm³/mol. The molecule has 0 amide bonds. The average Bonchev–Trinajstić information content (AvgIpc) is 2.61. The maximum atomic E-state index is 7.43. The molecule has 0 fully saturated rings. The molecule has 0 aliphatic heterocycles. The Morgan fingerprint density at radius 2 is 2.00 bits per heavy atom. The van der Waals surface area contributed by atoms with Gasteiger partial charge in [-0.15, -0.1) is 0 Å². The second-order valence-electron chi connectivity index (χ2n) is 3.77. The van der Waals surface area contributed by atoms with Crippen molar-refractivity contribution in [2.45, 2.75) is 13.8 Å². The van der Waals surface area contributed by atoms with Gasteiger partial charge < -0.3 is 5.73 Å². The lowest BCUT2D eigenvalue weighted by Crippen LogP contribution is -2.11. The zero-order chi connectivity index (χ0) is 11.7. The maximum Gasteiger partial charge on any atom is 0.126 e. The number of nitrogen functional groups attached to an aromatic ring is 1. The third-order valence-corrected chi connectivity index (χ3v) is 2.55. The van der Waals surface area contributed by atoms with Crippen molar-refractivity contribution in [1.82, 2.24) is 9.78 Å². The SMILES string of the molecule is Cc1ccccc1-n1cc(C(=N)N)c(C)n1. The number of benzene rings is 1. The molecule has 4 heteroatoms. The highest BCUT2D eigenvalue weighted by atomic mass is 15.3. The Morgan fingerprint density at radius 3 is 2.56 bits per heavy atom. The average molecular weight is 214 g/mol. The van der Waals surface area contributed by atoms with E-state index in [0.29, 0.717) is 5.56 Å². The van der Waals surface area contributed by atoms with E-state index < -0.39 is 0 Å². The Hall–Kier alpha value is -2.10. The zero-order valence-corrected chi connectivity index (χ0v) is 9.36. The fourth-order valence-corrected chi connectivity index (χ4v) is 1.67. The molecule has 0 radical (unpaired) electrons. The van der Waals surface area contributed by atoms with E-state index >= 15 is 0 Å². The minimum Gasteiger partial charge on any atom is -0.384 e. The molecule has 4 nitrogen and oxygen atoms in total. The second kappa shape index (κ2) is 3.81. The van der Waals surface area contributed by atoms with Gasteiger partial charge in [0.05, 0.1) is 16.9 Å². The molecule has 16 heavy (non-hydrogen) atoms. The van der Waals surface area contributed by atoms with Gasteiger partial charge in [0.15, 0.2) is 0 Å². The highest BCUT2D eigenvalue weighted by molar-refractivity contribution is 5.95. The lowest BCUT2D eigenvalue weighted by atomic mass is 10.2. The van der Waals surface area contributed by atoms with E-state index in [4.69, 9.17) is 11.1 Å². The first-order chi connectivity index (χ1) is 7.59. The number of hydrogen-bond donors (Lipinski definition) is 2. The molecule has 0 spiro atoms. The summed E-state index contributed by atoms with van der Waals surface area (Å²) in [5.74, 6) is 0.0531. The number of para-hydroxylation sites is 1. The van der Waals surface area contributed by atoms with Gasteiger partial charge in [-0.1, -0.05) is 18.2 Å². The van der Waals surface area contributed by atoms with Crippen LogP contribution < -0.4 is 5.73 Å². The van der Waals surface area contributed by atoms with Crippen LogP contribution in [-0.2, 0) is 0 Å². The molecule has 1 aromatic carbocycles. The molecule has 0 atom stereocenters. The molecule has 0 aliphatic carbocycles. The van der Waals surface area contributed by atoms with Crippen molar-refractivity contribution in [3.05, 3.63) is 47.3 Å². The predicted octanol–water partition coefficient (Wildman–Crippen LogP) is 1.77. The van der Waals surface area contributed by atoms with Crippen LogP contribution in [0, 0.1) is 19.3 Å². The topological polar surface area (TPSA) is 67.7 Å². The first-order valence-corrected chi connectivity index (χ1v) is 5.06. The van der Waals surface area contributed by atoms with Crippen molar-refractivity contribution >= 4 is 5.84 Å². The van der Waals surface area contributed by atoms with Gasteiger partial charge in [0, 0.05) is 6.20 Å². The highest BCUT2D eigenvalue weighted by Gasteiger charge is 2.09. The zero-order valence-electron chi connectivity index (χ0n) is 9.36. The smallest absolute Gasteiger partial charge is 0.126 e. The number of aromatic nitrogens is 2. The number of hydrogen-bond acceptors (Lipinski definition) is 2. The van der Waals surface area contributed by atoms with Crippen molar-refractivity contribution < 1.29 is 0 Å². The third kappa shape index (κ3) is 1.69. The summed E-state index contributed by atoms with van der Waals surface area (Å²) in [6, 6.07) is 7.97. The maximum absolute atomic E-state index is 7.43. The molecule has 0 bridgehead atoms. The molecule has 0 aliphatic rings. The van der Waals surface area contributed by atoms with Gasteiger partial charge in [-0.25, -0.2) is 4.68 Å². The Kier molecular flexibility index (Phi) is 2.48. The van der Waals surface area contributed by atoms with Crippen molar-refractivity contribution in [2.24, 2.45) is 5.73 Å². The van der Waals surface area contributed by atoms with E-state index in [-0.39, 0.29) is 5.84 Å².